The first-order valence-electron chi connectivity index (χ1n) is 6.17. The van der Waals surface area contributed by atoms with E-state index in [2.05, 4.69) is 5.32 Å². The largest absolute Gasteiger partial charge is 0.478 e. The Kier molecular flexibility index (Phi) is 4.20. The summed E-state index contributed by atoms with van der Waals surface area (Å²) in [6.07, 6.45) is 0. The number of carbonyl (C=O) groups is 2. The molecule has 1 aromatic carbocycles. The van der Waals surface area contributed by atoms with Crippen LogP contribution in [0.15, 0.2) is 35.7 Å². The molecule has 104 valence electrons. The van der Waals surface area contributed by atoms with Crippen LogP contribution in [-0.4, -0.2) is 17.0 Å². The summed E-state index contributed by atoms with van der Waals surface area (Å²) in [7, 11) is 0. The molecule has 1 heterocycles. The number of thiophene rings is 1. The minimum Gasteiger partial charge on any atom is -0.478 e. The van der Waals surface area contributed by atoms with Gasteiger partial charge in [0.15, 0.2) is 0 Å². The van der Waals surface area contributed by atoms with Crippen LogP contribution in [0.2, 0.25) is 0 Å². The molecule has 0 fully saturated rings. The van der Waals surface area contributed by atoms with E-state index in [1.165, 1.54) is 23.5 Å². The van der Waals surface area contributed by atoms with Gasteiger partial charge in [-0.1, -0.05) is 12.1 Å². The molecule has 0 spiro atoms. The molecule has 2 aromatic rings. The normalized spacial score (nSPS) is 11.9. The molecular formula is C15H15NO3S. The van der Waals surface area contributed by atoms with E-state index in [-0.39, 0.29) is 17.4 Å². The van der Waals surface area contributed by atoms with Gasteiger partial charge in [0.1, 0.15) is 0 Å². The average molecular weight is 289 g/mol. The molecule has 0 aliphatic rings. The van der Waals surface area contributed by atoms with E-state index >= 15 is 0 Å². The predicted molar refractivity (Wildman–Crippen MR) is 79.5 cm³/mol. The Morgan fingerprint density at radius 2 is 2.05 bits per heavy atom. The molecule has 1 aromatic heterocycles. The SMILES string of the molecule is Cc1ccc(C(=O)O)cc1NC(=O)[C@H](C)c1cccs1. The smallest absolute Gasteiger partial charge is 0.335 e. The third-order valence-corrected chi connectivity index (χ3v) is 4.16. The molecule has 0 radical (unpaired) electrons. The number of benzene rings is 1. The van der Waals surface area contributed by atoms with Gasteiger partial charge in [0.2, 0.25) is 5.91 Å². The highest BCUT2D eigenvalue weighted by Gasteiger charge is 2.17. The third-order valence-electron chi connectivity index (χ3n) is 3.11. The molecule has 0 aliphatic heterocycles. The lowest BCUT2D eigenvalue weighted by Gasteiger charge is -2.13. The number of hydrogen-bond donors (Lipinski definition) is 2. The van der Waals surface area contributed by atoms with Crippen molar-refractivity contribution < 1.29 is 14.7 Å². The Labute approximate surface area is 121 Å². The standard InChI is InChI=1S/C15H15NO3S/c1-9-5-6-11(15(18)19)8-12(9)16-14(17)10(2)13-4-3-7-20-13/h3-8,10H,1-2H3,(H,16,17)(H,18,19)/t10-/m1/s1. The second-order valence-corrected chi connectivity index (χ2v) is 5.54. The number of rotatable bonds is 4. The first-order chi connectivity index (χ1) is 9.49. The maximum Gasteiger partial charge on any atom is 0.335 e. The van der Waals surface area contributed by atoms with E-state index in [4.69, 9.17) is 5.11 Å². The Bertz CT molecular complexity index is 635. The van der Waals surface area contributed by atoms with E-state index in [1.54, 1.807) is 6.07 Å². The first kappa shape index (κ1) is 14.3. The zero-order chi connectivity index (χ0) is 14.7. The number of carboxylic acids is 1. The van der Waals surface area contributed by atoms with Crippen molar-refractivity contribution in [2.24, 2.45) is 0 Å². The van der Waals surface area contributed by atoms with Crippen molar-refractivity contribution in [2.75, 3.05) is 5.32 Å². The van der Waals surface area contributed by atoms with Gasteiger partial charge in [0, 0.05) is 10.6 Å². The van der Waals surface area contributed by atoms with Crippen molar-refractivity contribution in [3.63, 3.8) is 0 Å². The highest BCUT2D eigenvalue weighted by Crippen LogP contribution is 2.24. The molecule has 2 rings (SSSR count). The monoisotopic (exact) mass is 289 g/mol. The zero-order valence-corrected chi connectivity index (χ0v) is 12.0. The lowest BCUT2D eigenvalue weighted by molar-refractivity contribution is -0.117. The van der Waals surface area contributed by atoms with E-state index in [1.807, 2.05) is 31.4 Å². The van der Waals surface area contributed by atoms with Crippen molar-refractivity contribution in [2.45, 2.75) is 19.8 Å². The van der Waals surface area contributed by atoms with Gasteiger partial charge >= 0.3 is 5.97 Å². The summed E-state index contributed by atoms with van der Waals surface area (Å²) in [5, 5.41) is 13.7. The van der Waals surface area contributed by atoms with Crippen LogP contribution in [0.1, 0.15) is 33.6 Å². The number of nitrogens with one attached hydrogen (secondary N) is 1. The zero-order valence-electron chi connectivity index (χ0n) is 11.2. The lowest BCUT2D eigenvalue weighted by Crippen LogP contribution is -2.19. The topological polar surface area (TPSA) is 66.4 Å². The number of hydrogen-bond acceptors (Lipinski definition) is 3. The van der Waals surface area contributed by atoms with Gasteiger partial charge in [-0.15, -0.1) is 11.3 Å². The molecule has 2 N–H and O–H groups in total. The lowest BCUT2D eigenvalue weighted by atomic mass is 10.1. The number of aromatic carboxylic acids is 1. The summed E-state index contributed by atoms with van der Waals surface area (Å²) < 4.78 is 0. The fourth-order valence-electron chi connectivity index (χ4n) is 1.80. The summed E-state index contributed by atoms with van der Waals surface area (Å²) in [5.74, 6) is -1.41. The van der Waals surface area contributed by atoms with E-state index in [0.29, 0.717) is 5.69 Å². The quantitative estimate of drug-likeness (QED) is 0.905. The Hall–Kier alpha value is -2.14. The van der Waals surface area contributed by atoms with Crippen LogP contribution in [0.3, 0.4) is 0 Å². The highest BCUT2D eigenvalue weighted by atomic mass is 32.1. The van der Waals surface area contributed by atoms with Crippen LogP contribution >= 0.6 is 11.3 Å². The van der Waals surface area contributed by atoms with Crippen LogP contribution in [0.25, 0.3) is 0 Å². The number of carbonyl (C=O) groups excluding carboxylic acids is 1. The number of aryl methyl sites for hydroxylation is 1. The molecule has 4 nitrogen and oxygen atoms in total. The van der Waals surface area contributed by atoms with Crippen LogP contribution in [0, 0.1) is 6.92 Å². The molecule has 0 saturated heterocycles. The molecule has 20 heavy (non-hydrogen) atoms. The molecule has 1 amide bonds. The highest BCUT2D eigenvalue weighted by molar-refractivity contribution is 7.10. The van der Waals surface area contributed by atoms with Crippen molar-refractivity contribution in [1.29, 1.82) is 0 Å². The Balaban J connectivity index is 2.19. The molecular weight excluding hydrogens is 274 g/mol. The van der Waals surface area contributed by atoms with Crippen LogP contribution in [0.5, 0.6) is 0 Å². The molecule has 1 atom stereocenters. The Morgan fingerprint density at radius 1 is 1.30 bits per heavy atom. The van der Waals surface area contributed by atoms with Gasteiger partial charge in [0.05, 0.1) is 11.5 Å². The fraction of sp³-hybridized carbons (Fsp3) is 0.200. The van der Waals surface area contributed by atoms with Gasteiger partial charge in [-0.3, -0.25) is 4.79 Å². The first-order valence-corrected chi connectivity index (χ1v) is 7.05. The van der Waals surface area contributed by atoms with Gasteiger partial charge in [-0.25, -0.2) is 4.79 Å². The molecule has 0 aliphatic carbocycles. The molecule has 0 saturated carbocycles. The Morgan fingerprint density at radius 3 is 2.65 bits per heavy atom. The van der Waals surface area contributed by atoms with Gasteiger partial charge in [-0.05, 0) is 43.0 Å². The van der Waals surface area contributed by atoms with E-state index in [0.717, 1.165) is 10.4 Å². The van der Waals surface area contributed by atoms with Gasteiger partial charge in [0.25, 0.3) is 0 Å². The van der Waals surface area contributed by atoms with Crippen LogP contribution < -0.4 is 5.32 Å². The third kappa shape index (κ3) is 3.05. The number of anilines is 1. The van der Waals surface area contributed by atoms with Crippen molar-refractivity contribution in [3.05, 3.63) is 51.7 Å². The van der Waals surface area contributed by atoms with Crippen molar-refractivity contribution in [1.82, 2.24) is 0 Å². The maximum atomic E-state index is 12.2. The summed E-state index contributed by atoms with van der Waals surface area (Å²) in [6, 6.07) is 8.51. The number of amides is 1. The minimum absolute atomic E-state index is 0.141. The minimum atomic E-state index is -1.01. The second kappa shape index (κ2) is 5.88. The fourth-order valence-corrected chi connectivity index (χ4v) is 2.58. The summed E-state index contributed by atoms with van der Waals surface area (Å²) in [6.45, 7) is 3.66. The summed E-state index contributed by atoms with van der Waals surface area (Å²) >= 11 is 1.53. The van der Waals surface area contributed by atoms with E-state index < -0.39 is 5.97 Å². The molecule has 0 unspecified atom stereocenters. The van der Waals surface area contributed by atoms with Crippen LogP contribution in [0.4, 0.5) is 5.69 Å². The maximum absolute atomic E-state index is 12.2. The number of carboxylic acid groups (broad SMARTS) is 1. The average Bonchev–Trinajstić information content (AvgIpc) is 2.94. The van der Waals surface area contributed by atoms with Gasteiger partial charge < -0.3 is 10.4 Å². The summed E-state index contributed by atoms with van der Waals surface area (Å²) in [5.41, 5.74) is 1.54. The van der Waals surface area contributed by atoms with Crippen LogP contribution in [-0.2, 0) is 4.79 Å². The molecule has 5 heteroatoms. The van der Waals surface area contributed by atoms with Crippen molar-refractivity contribution >= 4 is 28.9 Å². The van der Waals surface area contributed by atoms with Crippen molar-refractivity contribution in [3.8, 4) is 0 Å². The molecule has 0 bridgehead atoms. The van der Waals surface area contributed by atoms with Gasteiger partial charge in [-0.2, -0.15) is 0 Å². The summed E-state index contributed by atoms with van der Waals surface area (Å²) in [4.78, 5) is 24.1. The van der Waals surface area contributed by atoms with E-state index in [9.17, 15) is 9.59 Å². The second-order valence-electron chi connectivity index (χ2n) is 4.56. The predicted octanol–water partition coefficient (Wildman–Crippen LogP) is 3.50.